The van der Waals surface area contributed by atoms with Crippen LogP contribution in [0, 0.1) is 19.3 Å². The second kappa shape index (κ2) is 6.34. The molecule has 2 rings (SSSR count). The van der Waals surface area contributed by atoms with Crippen molar-refractivity contribution in [2.45, 2.75) is 52.4 Å². The summed E-state index contributed by atoms with van der Waals surface area (Å²) in [6.07, 6.45) is -0.0622. The summed E-state index contributed by atoms with van der Waals surface area (Å²) >= 11 is 0. The number of nitrogens with one attached hydrogen (secondary N) is 1. The molecule has 3 unspecified atom stereocenters. The normalized spacial score (nSPS) is 25.2. The van der Waals surface area contributed by atoms with E-state index in [9.17, 15) is 10.2 Å². The number of ether oxygens (including phenoxy) is 1. The van der Waals surface area contributed by atoms with Crippen LogP contribution in [0.15, 0.2) is 18.2 Å². The Morgan fingerprint density at radius 1 is 1.33 bits per heavy atom. The fraction of sp³-hybridized carbons (Fsp3) is 0.647. The monoisotopic (exact) mass is 293 g/mol. The second-order valence-electron chi connectivity index (χ2n) is 6.72. The molecule has 21 heavy (non-hydrogen) atoms. The van der Waals surface area contributed by atoms with E-state index in [1.54, 1.807) is 0 Å². The van der Waals surface area contributed by atoms with Gasteiger partial charge < -0.3 is 20.3 Å². The summed E-state index contributed by atoms with van der Waals surface area (Å²) in [6.45, 7) is 8.84. The molecule has 0 spiro atoms. The van der Waals surface area contributed by atoms with Crippen molar-refractivity contribution >= 4 is 0 Å². The zero-order chi connectivity index (χ0) is 15.6. The summed E-state index contributed by atoms with van der Waals surface area (Å²) in [5, 5.41) is 23.1. The molecular formula is C17H27NO3. The van der Waals surface area contributed by atoms with Gasteiger partial charge in [-0.1, -0.05) is 32.0 Å². The van der Waals surface area contributed by atoms with Crippen molar-refractivity contribution in [2.75, 3.05) is 13.2 Å². The van der Waals surface area contributed by atoms with Crippen LogP contribution in [-0.4, -0.2) is 41.6 Å². The number of aryl methyl sites for hydroxylation is 2. The van der Waals surface area contributed by atoms with Crippen LogP contribution in [0.2, 0.25) is 0 Å². The Bertz CT molecular complexity index is 467. The molecule has 1 aliphatic rings. The maximum Gasteiger partial charge on any atom is 0.125 e. The molecule has 3 atom stereocenters. The number of aliphatic hydroxyl groups excluding tert-OH is 2. The van der Waals surface area contributed by atoms with Crippen molar-refractivity contribution in [3.8, 4) is 5.75 Å². The molecule has 3 N–H and O–H groups in total. The molecule has 4 nitrogen and oxygen atoms in total. The molecule has 0 radical (unpaired) electrons. The zero-order valence-electron chi connectivity index (χ0n) is 13.4. The van der Waals surface area contributed by atoms with Gasteiger partial charge in [0.05, 0.1) is 6.10 Å². The lowest BCUT2D eigenvalue weighted by Gasteiger charge is -2.49. The quantitative estimate of drug-likeness (QED) is 0.748. The van der Waals surface area contributed by atoms with E-state index >= 15 is 0 Å². The maximum absolute atomic E-state index is 10.0. The van der Waals surface area contributed by atoms with Crippen molar-refractivity contribution in [2.24, 2.45) is 5.41 Å². The van der Waals surface area contributed by atoms with Crippen molar-refractivity contribution in [3.63, 3.8) is 0 Å². The summed E-state index contributed by atoms with van der Waals surface area (Å²) in [5.41, 5.74) is 2.05. The summed E-state index contributed by atoms with van der Waals surface area (Å²) < 4.78 is 5.75. The highest BCUT2D eigenvalue weighted by atomic mass is 16.5. The first-order valence-corrected chi connectivity index (χ1v) is 7.61. The predicted octanol–water partition coefficient (Wildman–Crippen LogP) is 1.79. The third-order valence-electron chi connectivity index (χ3n) is 4.64. The molecular weight excluding hydrogens is 266 g/mol. The van der Waals surface area contributed by atoms with Gasteiger partial charge in [-0.2, -0.15) is 0 Å². The summed E-state index contributed by atoms with van der Waals surface area (Å²) in [6, 6.07) is 6.26. The van der Waals surface area contributed by atoms with E-state index < -0.39 is 6.10 Å². The van der Waals surface area contributed by atoms with Gasteiger partial charge in [0.1, 0.15) is 18.5 Å². The van der Waals surface area contributed by atoms with Gasteiger partial charge in [-0.15, -0.1) is 0 Å². The number of para-hydroxylation sites is 1. The van der Waals surface area contributed by atoms with E-state index in [0.717, 1.165) is 23.3 Å². The van der Waals surface area contributed by atoms with Gasteiger partial charge in [0.15, 0.2) is 0 Å². The SMILES string of the molecule is Cc1cccc(C)c1OCC(O)CNC1CC(O)C1(C)C. The van der Waals surface area contributed by atoms with Crippen LogP contribution in [0.25, 0.3) is 0 Å². The van der Waals surface area contributed by atoms with Crippen LogP contribution in [-0.2, 0) is 0 Å². The molecule has 0 aliphatic heterocycles. The van der Waals surface area contributed by atoms with E-state index in [0.29, 0.717) is 6.54 Å². The highest BCUT2D eigenvalue weighted by molar-refractivity contribution is 5.39. The van der Waals surface area contributed by atoms with Crippen LogP contribution < -0.4 is 10.1 Å². The van der Waals surface area contributed by atoms with Crippen LogP contribution >= 0.6 is 0 Å². The van der Waals surface area contributed by atoms with E-state index in [-0.39, 0.29) is 24.2 Å². The molecule has 1 saturated carbocycles. The van der Waals surface area contributed by atoms with Gasteiger partial charge >= 0.3 is 0 Å². The van der Waals surface area contributed by atoms with Gasteiger partial charge in [0.25, 0.3) is 0 Å². The van der Waals surface area contributed by atoms with Crippen LogP contribution in [0.1, 0.15) is 31.4 Å². The van der Waals surface area contributed by atoms with Crippen molar-refractivity contribution in [3.05, 3.63) is 29.3 Å². The van der Waals surface area contributed by atoms with Gasteiger partial charge in [-0.05, 0) is 31.4 Å². The smallest absolute Gasteiger partial charge is 0.125 e. The maximum atomic E-state index is 10.0. The first-order chi connectivity index (χ1) is 9.82. The standard InChI is InChI=1S/C17H27NO3/c1-11-6-5-7-12(2)16(11)21-10-13(19)9-18-14-8-15(20)17(14,3)4/h5-7,13-15,18-20H,8-10H2,1-4H3. The largest absolute Gasteiger partial charge is 0.490 e. The van der Waals surface area contributed by atoms with Crippen molar-refractivity contribution in [1.29, 1.82) is 0 Å². The molecule has 118 valence electrons. The van der Waals surface area contributed by atoms with E-state index in [4.69, 9.17) is 4.74 Å². The molecule has 0 amide bonds. The van der Waals surface area contributed by atoms with Crippen molar-refractivity contribution < 1.29 is 14.9 Å². The van der Waals surface area contributed by atoms with Crippen molar-refractivity contribution in [1.82, 2.24) is 5.32 Å². The van der Waals surface area contributed by atoms with E-state index in [1.807, 2.05) is 45.9 Å². The van der Waals surface area contributed by atoms with E-state index in [1.165, 1.54) is 0 Å². The third kappa shape index (κ3) is 3.57. The molecule has 1 aliphatic carbocycles. The molecule has 0 heterocycles. The lowest BCUT2D eigenvalue weighted by atomic mass is 9.64. The molecule has 1 aromatic carbocycles. The van der Waals surface area contributed by atoms with Gasteiger partial charge in [0.2, 0.25) is 0 Å². The predicted molar refractivity (Wildman–Crippen MR) is 83.6 cm³/mol. The number of hydrogen-bond donors (Lipinski definition) is 3. The molecule has 1 aromatic rings. The number of aliphatic hydroxyl groups is 2. The Hall–Kier alpha value is -1.10. The lowest BCUT2D eigenvalue weighted by Crippen LogP contribution is -2.61. The fourth-order valence-corrected chi connectivity index (χ4v) is 2.79. The number of hydrogen-bond acceptors (Lipinski definition) is 4. The van der Waals surface area contributed by atoms with Crippen LogP contribution in [0.3, 0.4) is 0 Å². The average molecular weight is 293 g/mol. The van der Waals surface area contributed by atoms with Crippen LogP contribution in [0.5, 0.6) is 5.75 Å². The minimum absolute atomic E-state index is 0.118. The summed E-state index contributed by atoms with van der Waals surface area (Å²) in [7, 11) is 0. The Morgan fingerprint density at radius 3 is 2.48 bits per heavy atom. The molecule has 0 saturated heterocycles. The first-order valence-electron chi connectivity index (χ1n) is 7.61. The summed E-state index contributed by atoms with van der Waals surface area (Å²) in [4.78, 5) is 0. The Balaban J connectivity index is 1.77. The van der Waals surface area contributed by atoms with Gasteiger partial charge in [0, 0.05) is 18.0 Å². The highest BCUT2D eigenvalue weighted by Gasteiger charge is 2.46. The third-order valence-corrected chi connectivity index (χ3v) is 4.64. The lowest BCUT2D eigenvalue weighted by molar-refractivity contribution is -0.0755. The highest BCUT2D eigenvalue weighted by Crippen LogP contribution is 2.40. The average Bonchev–Trinajstić information content (AvgIpc) is 2.42. The Kier molecular flexibility index (Phi) is 4.91. The number of benzene rings is 1. The fourth-order valence-electron chi connectivity index (χ4n) is 2.79. The number of rotatable bonds is 6. The van der Waals surface area contributed by atoms with E-state index in [2.05, 4.69) is 5.32 Å². The molecule has 0 bridgehead atoms. The Morgan fingerprint density at radius 2 is 1.95 bits per heavy atom. The Labute approximate surface area is 127 Å². The van der Waals surface area contributed by atoms with Crippen LogP contribution in [0.4, 0.5) is 0 Å². The summed E-state index contributed by atoms with van der Waals surface area (Å²) in [5.74, 6) is 0.857. The topological polar surface area (TPSA) is 61.7 Å². The first kappa shape index (κ1) is 16.3. The molecule has 1 fully saturated rings. The second-order valence-corrected chi connectivity index (χ2v) is 6.72. The van der Waals surface area contributed by atoms with Gasteiger partial charge in [-0.3, -0.25) is 0 Å². The minimum atomic E-state index is -0.558. The van der Waals surface area contributed by atoms with Gasteiger partial charge in [-0.25, -0.2) is 0 Å². The zero-order valence-corrected chi connectivity index (χ0v) is 13.4. The molecule has 4 heteroatoms. The minimum Gasteiger partial charge on any atom is -0.490 e. The molecule has 0 aromatic heterocycles.